The van der Waals surface area contributed by atoms with E-state index < -0.39 is 24.4 Å². The molecular formula is C19H21N3O4. The van der Waals surface area contributed by atoms with E-state index in [1.54, 1.807) is 29.2 Å². The highest BCUT2D eigenvalue weighted by Crippen LogP contribution is 2.29. The molecule has 1 aliphatic heterocycles. The molecule has 0 unspecified atom stereocenters. The van der Waals surface area contributed by atoms with Gasteiger partial charge in [0.1, 0.15) is 0 Å². The lowest BCUT2D eigenvalue weighted by Gasteiger charge is -2.23. The second-order valence-corrected chi connectivity index (χ2v) is 6.73. The van der Waals surface area contributed by atoms with Crippen LogP contribution in [-0.2, 0) is 19.1 Å². The largest absolute Gasteiger partial charge is 0.455 e. The summed E-state index contributed by atoms with van der Waals surface area (Å²) in [4.78, 5) is 38.0. The quantitative estimate of drug-likeness (QED) is 0.812. The number of anilines is 1. The van der Waals surface area contributed by atoms with Crippen LogP contribution in [0.25, 0.3) is 0 Å². The molecule has 2 aliphatic rings. The first kappa shape index (κ1) is 17.9. The Balaban J connectivity index is 1.45. The number of carbonyl (C=O) groups excluding carboxylic acids is 3. The van der Waals surface area contributed by atoms with E-state index in [2.05, 4.69) is 5.32 Å². The van der Waals surface area contributed by atoms with Crippen molar-refractivity contribution in [1.29, 1.82) is 5.26 Å². The van der Waals surface area contributed by atoms with Crippen LogP contribution in [0.5, 0.6) is 0 Å². The molecule has 0 aromatic heterocycles. The number of amides is 2. The molecule has 3 rings (SSSR count). The summed E-state index contributed by atoms with van der Waals surface area (Å²) in [5.41, 5.74) is 1.01. The van der Waals surface area contributed by atoms with Gasteiger partial charge in [-0.25, -0.2) is 0 Å². The van der Waals surface area contributed by atoms with E-state index in [1.165, 1.54) is 0 Å². The summed E-state index contributed by atoms with van der Waals surface area (Å²) in [7, 11) is 0. The van der Waals surface area contributed by atoms with Gasteiger partial charge < -0.3 is 15.0 Å². The first-order valence-corrected chi connectivity index (χ1v) is 8.83. The van der Waals surface area contributed by atoms with Crippen LogP contribution in [0.15, 0.2) is 24.3 Å². The standard InChI is InChI=1S/C19H21N3O4/c20-10-13-5-7-15(8-6-13)21-17(23)12-26-19(25)14-9-18(24)22(11-14)16-3-1-2-4-16/h5-8,14,16H,1-4,9,11-12H2,(H,21,23)/t14-/m0/s1. The summed E-state index contributed by atoms with van der Waals surface area (Å²) in [5, 5.41) is 11.3. The molecule has 0 radical (unpaired) electrons. The van der Waals surface area contributed by atoms with Gasteiger partial charge in [0.2, 0.25) is 5.91 Å². The molecule has 136 valence electrons. The molecule has 1 saturated carbocycles. The minimum Gasteiger partial charge on any atom is -0.455 e. The van der Waals surface area contributed by atoms with Crippen molar-refractivity contribution in [2.75, 3.05) is 18.5 Å². The highest BCUT2D eigenvalue weighted by Gasteiger charge is 2.39. The lowest BCUT2D eigenvalue weighted by atomic mass is 10.1. The molecular weight excluding hydrogens is 334 g/mol. The molecule has 7 heteroatoms. The first-order chi connectivity index (χ1) is 12.6. The molecule has 2 fully saturated rings. The van der Waals surface area contributed by atoms with Gasteiger partial charge in [-0.1, -0.05) is 12.8 Å². The number of rotatable bonds is 5. The predicted molar refractivity (Wildman–Crippen MR) is 92.8 cm³/mol. The fourth-order valence-corrected chi connectivity index (χ4v) is 3.54. The van der Waals surface area contributed by atoms with Gasteiger partial charge in [-0.15, -0.1) is 0 Å². The van der Waals surface area contributed by atoms with Gasteiger partial charge >= 0.3 is 5.97 Å². The van der Waals surface area contributed by atoms with Crippen molar-refractivity contribution in [2.24, 2.45) is 5.92 Å². The van der Waals surface area contributed by atoms with Crippen molar-refractivity contribution in [3.63, 3.8) is 0 Å². The maximum atomic E-state index is 12.2. The number of benzene rings is 1. The van der Waals surface area contributed by atoms with E-state index >= 15 is 0 Å². The zero-order valence-corrected chi connectivity index (χ0v) is 14.4. The number of carbonyl (C=O) groups is 3. The summed E-state index contributed by atoms with van der Waals surface area (Å²) < 4.78 is 5.08. The Labute approximate surface area is 151 Å². The van der Waals surface area contributed by atoms with E-state index in [0.29, 0.717) is 17.8 Å². The van der Waals surface area contributed by atoms with E-state index in [1.807, 2.05) is 6.07 Å². The molecule has 1 aliphatic carbocycles. The van der Waals surface area contributed by atoms with Gasteiger partial charge in [-0.3, -0.25) is 14.4 Å². The molecule has 1 aromatic rings. The second-order valence-electron chi connectivity index (χ2n) is 6.73. The smallest absolute Gasteiger partial charge is 0.311 e. The third-order valence-corrected chi connectivity index (χ3v) is 4.90. The van der Waals surface area contributed by atoms with Crippen molar-refractivity contribution in [1.82, 2.24) is 4.90 Å². The van der Waals surface area contributed by atoms with Crippen molar-refractivity contribution < 1.29 is 19.1 Å². The second kappa shape index (κ2) is 8.00. The summed E-state index contributed by atoms with van der Waals surface area (Å²) in [5.74, 6) is -1.46. The number of nitrogens with one attached hydrogen (secondary N) is 1. The van der Waals surface area contributed by atoms with E-state index in [0.717, 1.165) is 25.7 Å². The third-order valence-electron chi connectivity index (χ3n) is 4.90. The molecule has 2 amide bonds. The van der Waals surface area contributed by atoms with Gasteiger partial charge in [0, 0.05) is 24.7 Å². The number of ether oxygens (including phenoxy) is 1. The SMILES string of the molecule is N#Cc1ccc(NC(=O)COC(=O)[C@H]2CC(=O)N(C3CCCC3)C2)cc1. The van der Waals surface area contributed by atoms with E-state index in [-0.39, 0.29) is 18.4 Å². The molecule has 26 heavy (non-hydrogen) atoms. The number of likely N-dealkylation sites (tertiary alicyclic amines) is 1. The van der Waals surface area contributed by atoms with Crippen molar-refractivity contribution >= 4 is 23.5 Å². The Bertz CT molecular complexity index is 732. The average molecular weight is 355 g/mol. The summed E-state index contributed by atoms with van der Waals surface area (Å²) in [6.45, 7) is -0.00741. The van der Waals surface area contributed by atoms with Crippen LogP contribution in [0.2, 0.25) is 0 Å². The van der Waals surface area contributed by atoms with Crippen LogP contribution >= 0.6 is 0 Å². The Morgan fingerprint density at radius 2 is 1.92 bits per heavy atom. The molecule has 7 nitrogen and oxygen atoms in total. The Morgan fingerprint density at radius 1 is 1.23 bits per heavy atom. The third kappa shape index (κ3) is 4.20. The highest BCUT2D eigenvalue weighted by molar-refractivity contribution is 5.93. The molecule has 1 heterocycles. The van der Waals surface area contributed by atoms with Gasteiger partial charge in [0.05, 0.1) is 17.6 Å². The summed E-state index contributed by atoms with van der Waals surface area (Å²) >= 11 is 0. The maximum Gasteiger partial charge on any atom is 0.311 e. The molecule has 1 aromatic carbocycles. The molecule has 1 N–H and O–H groups in total. The van der Waals surface area contributed by atoms with E-state index in [9.17, 15) is 14.4 Å². The zero-order chi connectivity index (χ0) is 18.5. The highest BCUT2D eigenvalue weighted by atomic mass is 16.5. The first-order valence-electron chi connectivity index (χ1n) is 8.83. The number of esters is 1. The van der Waals surface area contributed by atoms with Crippen molar-refractivity contribution in [2.45, 2.75) is 38.1 Å². The van der Waals surface area contributed by atoms with Gasteiger partial charge in [-0.2, -0.15) is 5.26 Å². The van der Waals surface area contributed by atoms with Crippen LogP contribution in [-0.4, -0.2) is 41.9 Å². The van der Waals surface area contributed by atoms with Gasteiger partial charge in [-0.05, 0) is 37.1 Å². The summed E-state index contributed by atoms with van der Waals surface area (Å²) in [6, 6.07) is 8.62. The average Bonchev–Trinajstić information content (AvgIpc) is 3.29. The fourth-order valence-electron chi connectivity index (χ4n) is 3.54. The zero-order valence-electron chi connectivity index (χ0n) is 14.4. The van der Waals surface area contributed by atoms with Gasteiger partial charge in [0.15, 0.2) is 6.61 Å². The maximum absolute atomic E-state index is 12.2. The monoisotopic (exact) mass is 355 g/mol. The fraction of sp³-hybridized carbons (Fsp3) is 0.474. The van der Waals surface area contributed by atoms with Gasteiger partial charge in [0.25, 0.3) is 5.91 Å². The minimum absolute atomic E-state index is 0.000819. The lowest BCUT2D eigenvalue weighted by Crippen LogP contribution is -2.35. The predicted octanol–water partition coefficient (Wildman–Crippen LogP) is 1.83. The summed E-state index contributed by atoms with van der Waals surface area (Å²) in [6.07, 6.45) is 4.41. The van der Waals surface area contributed by atoms with Crippen molar-refractivity contribution in [3.05, 3.63) is 29.8 Å². The number of nitriles is 1. The molecule has 0 spiro atoms. The van der Waals surface area contributed by atoms with Crippen LogP contribution in [0.4, 0.5) is 5.69 Å². The lowest BCUT2D eigenvalue weighted by molar-refractivity contribution is -0.151. The molecule has 1 saturated heterocycles. The normalized spacial score (nSPS) is 20.0. The minimum atomic E-state index is -0.506. The van der Waals surface area contributed by atoms with Crippen LogP contribution in [0.3, 0.4) is 0 Å². The van der Waals surface area contributed by atoms with Crippen LogP contribution < -0.4 is 5.32 Å². The Hall–Kier alpha value is -2.88. The van der Waals surface area contributed by atoms with Crippen molar-refractivity contribution in [3.8, 4) is 6.07 Å². The topological polar surface area (TPSA) is 99.5 Å². The van der Waals surface area contributed by atoms with E-state index in [4.69, 9.17) is 10.00 Å². The number of hydrogen-bond acceptors (Lipinski definition) is 5. The molecule has 0 bridgehead atoms. The number of nitrogens with zero attached hydrogens (tertiary/aromatic N) is 2. The van der Waals surface area contributed by atoms with Crippen LogP contribution in [0, 0.1) is 17.2 Å². The Kier molecular flexibility index (Phi) is 5.52. The molecule has 1 atom stereocenters. The number of hydrogen-bond donors (Lipinski definition) is 1. The van der Waals surface area contributed by atoms with Crippen LogP contribution in [0.1, 0.15) is 37.7 Å². The Morgan fingerprint density at radius 3 is 2.58 bits per heavy atom.